The number of hydrogen-bond acceptors (Lipinski definition) is 3. The highest BCUT2D eigenvalue weighted by atomic mass is 16.4. The third-order valence-corrected chi connectivity index (χ3v) is 11.0. The number of aliphatic hydroxyl groups is 1. The van der Waals surface area contributed by atoms with Gasteiger partial charge in [-0.15, -0.1) is 0 Å². The highest BCUT2D eigenvalue weighted by Gasteiger charge is 2.55. The Hall–Kier alpha value is -2.36. The molecule has 2 N–H and O–H groups in total. The second-order valence-corrected chi connectivity index (χ2v) is 13.2. The molecule has 5 unspecified atom stereocenters. The van der Waals surface area contributed by atoms with Crippen molar-refractivity contribution in [2.45, 2.75) is 99.3 Å². The van der Waals surface area contributed by atoms with E-state index < -0.39 is 28.5 Å². The molecular formula is C35H50O4. The van der Waals surface area contributed by atoms with Gasteiger partial charge in [0, 0.05) is 16.7 Å². The summed E-state index contributed by atoms with van der Waals surface area (Å²) in [6.45, 7) is 12.8. The largest absolute Gasteiger partial charge is 0.511 e. The van der Waals surface area contributed by atoms with Gasteiger partial charge in [-0.2, -0.15) is 0 Å². The van der Waals surface area contributed by atoms with Crippen LogP contribution in [0.3, 0.4) is 0 Å². The minimum Gasteiger partial charge on any atom is -0.511 e. The van der Waals surface area contributed by atoms with E-state index in [1.165, 1.54) is 11.1 Å². The Morgan fingerprint density at radius 2 is 1.77 bits per heavy atom. The van der Waals surface area contributed by atoms with Gasteiger partial charge >= 0.3 is 5.97 Å². The van der Waals surface area contributed by atoms with Crippen LogP contribution in [-0.2, 0) is 9.59 Å². The topological polar surface area (TPSA) is 74.6 Å². The average molecular weight is 535 g/mol. The Kier molecular flexibility index (Phi) is 8.83. The van der Waals surface area contributed by atoms with E-state index in [0.717, 1.165) is 44.9 Å². The lowest BCUT2D eigenvalue weighted by molar-refractivity contribution is -0.136. The van der Waals surface area contributed by atoms with Crippen LogP contribution in [0.25, 0.3) is 0 Å². The van der Waals surface area contributed by atoms with Crippen molar-refractivity contribution < 1.29 is 19.8 Å². The maximum absolute atomic E-state index is 14.5. The normalized spacial score (nSPS) is 43.3. The lowest BCUT2D eigenvalue weighted by Crippen LogP contribution is -2.48. The van der Waals surface area contributed by atoms with Crippen molar-refractivity contribution in [2.75, 3.05) is 0 Å². The first-order chi connectivity index (χ1) is 18.5. The van der Waals surface area contributed by atoms with Crippen LogP contribution >= 0.6 is 0 Å². The Bertz CT molecular complexity index is 1120. The predicted octanol–water partition coefficient (Wildman–Crippen LogP) is 8.77. The molecule has 0 aromatic heterocycles. The van der Waals surface area contributed by atoms with E-state index >= 15 is 0 Å². The zero-order valence-corrected chi connectivity index (χ0v) is 25.0. The van der Waals surface area contributed by atoms with E-state index in [0.29, 0.717) is 24.7 Å². The van der Waals surface area contributed by atoms with Crippen LogP contribution in [0.15, 0.2) is 58.9 Å². The number of carboxylic acids is 1. The molecule has 214 valence electrons. The summed E-state index contributed by atoms with van der Waals surface area (Å²) in [6, 6.07) is 0. The standard InChI is InChI=1S/C35H50O4/c1-7-24-14-17-28-26(18-24)15-16-27-13-11-10-12-22(4)20-34(6)21-23(5)25(8-2)19-29(34)31(36)30(33(38)39)32(37)35(27,28)9-3/h10-11,15-16,20-21,24-29,37H,7-9,12-14,17-19H2,1-6H3,(H,38,39)/b11-10+,22-20+,32-30-/t24-,25?,26?,27?,28?,29?,34-,35+/m0/s1. The highest BCUT2D eigenvalue weighted by molar-refractivity contribution is 6.18. The van der Waals surface area contributed by atoms with E-state index in [4.69, 9.17) is 0 Å². The monoisotopic (exact) mass is 534 g/mol. The van der Waals surface area contributed by atoms with Crippen molar-refractivity contribution in [3.63, 3.8) is 0 Å². The van der Waals surface area contributed by atoms with Crippen LogP contribution in [0, 0.1) is 46.3 Å². The van der Waals surface area contributed by atoms with Crippen molar-refractivity contribution in [1.29, 1.82) is 0 Å². The fraction of sp³-hybridized carbons (Fsp3) is 0.657. The molecule has 4 heteroatoms. The molecule has 0 aliphatic heterocycles. The van der Waals surface area contributed by atoms with Gasteiger partial charge in [0.15, 0.2) is 5.78 Å². The molecule has 4 aliphatic rings. The quantitative estimate of drug-likeness (QED) is 0.279. The van der Waals surface area contributed by atoms with Gasteiger partial charge in [0.05, 0.1) is 0 Å². The number of aliphatic carboxylic acids is 1. The van der Waals surface area contributed by atoms with Gasteiger partial charge in [-0.1, -0.05) is 88.1 Å². The summed E-state index contributed by atoms with van der Waals surface area (Å²) in [5.41, 5.74) is 0.711. The molecule has 4 rings (SSSR count). The summed E-state index contributed by atoms with van der Waals surface area (Å²) < 4.78 is 0. The van der Waals surface area contributed by atoms with E-state index in [1.807, 2.05) is 0 Å². The zero-order valence-electron chi connectivity index (χ0n) is 25.0. The molecule has 4 aliphatic carbocycles. The van der Waals surface area contributed by atoms with E-state index in [-0.39, 0.29) is 29.1 Å². The Balaban J connectivity index is 1.96. The molecule has 0 radical (unpaired) electrons. The fourth-order valence-corrected chi connectivity index (χ4v) is 8.86. The van der Waals surface area contributed by atoms with Gasteiger partial charge in [0.25, 0.3) is 0 Å². The summed E-state index contributed by atoms with van der Waals surface area (Å²) in [5, 5.41) is 22.9. The number of carboxylic acid groups (broad SMARTS) is 1. The molecule has 1 saturated carbocycles. The molecule has 0 saturated heterocycles. The first-order valence-electron chi connectivity index (χ1n) is 15.4. The molecule has 0 spiro atoms. The molecule has 39 heavy (non-hydrogen) atoms. The number of hydrogen-bond donors (Lipinski definition) is 2. The third-order valence-electron chi connectivity index (χ3n) is 11.0. The van der Waals surface area contributed by atoms with E-state index in [2.05, 4.69) is 78.0 Å². The summed E-state index contributed by atoms with van der Waals surface area (Å²) in [7, 11) is 0. The SMILES string of the molecule is CCC1CC2C(=O)/C(C(=O)O)=C(/O)[C@]3(CC)C(C=CC4C[C@@H](CC)CCC43)C/C=C/C/C(C)=C/[C@@]2(C)C=C1C. The lowest BCUT2D eigenvalue weighted by Gasteiger charge is -2.53. The van der Waals surface area contributed by atoms with Crippen LogP contribution < -0.4 is 0 Å². The number of fused-ring (bicyclic) bond motifs is 4. The van der Waals surface area contributed by atoms with Crippen LogP contribution in [0.1, 0.15) is 99.3 Å². The van der Waals surface area contributed by atoms with Gasteiger partial charge in [-0.25, -0.2) is 4.79 Å². The smallest absolute Gasteiger partial charge is 0.342 e. The summed E-state index contributed by atoms with van der Waals surface area (Å²) in [5.74, 6) is -1.11. The molecule has 0 heterocycles. The summed E-state index contributed by atoms with van der Waals surface area (Å²) >= 11 is 0. The molecule has 0 bridgehead atoms. The predicted molar refractivity (Wildman–Crippen MR) is 158 cm³/mol. The van der Waals surface area contributed by atoms with Gasteiger partial charge in [-0.05, 0) is 88.4 Å². The second-order valence-electron chi connectivity index (χ2n) is 13.2. The first-order valence-corrected chi connectivity index (χ1v) is 15.4. The van der Waals surface area contributed by atoms with Crippen molar-refractivity contribution in [3.05, 3.63) is 58.9 Å². The molecule has 4 nitrogen and oxygen atoms in total. The molecular weight excluding hydrogens is 484 g/mol. The number of carbonyl (C=O) groups is 2. The molecule has 0 aromatic carbocycles. The van der Waals surface area contributed by atoms with Gasteiger partial charge in [0.2, 0.25) is 0 Å². The van der Waals surface area contributed by atoms with E-state index in [9.17, 15) is 19.8 Å². The van der Waals surface area contributed by atoms with Crippen LogP contribution in [-0.4, -0.2) is 22.0 Å². The minimum atomic E-state index is -1.29. The number of aliphatic hydroxyl groups excluding tert-OH is 1. The number of rotatable bonds is 4. The van der Waals surface area contributed by atoms with Crippen molar-refractivity contribution in [2.24, 2.45) is 46.3 Å². The van der Waals surface area contributed by atoms with Crippen LogP contribution in [0.4, 0.5) is 0 Å². The molecule has 8 atom stereocenters. The maximum atomic E-state index is 14.5. The second kappa shape index (κ2) is 11.6. The molecule has 1 fully saturated rings. The third kappa shape index (κ3) is 5.25. The lowest BCUT2D eigenvalue weighted by atomic mass is 9.51. The first kappa shape index (κ1) is 29.6. The Morgan fingerprint density at radius 1 is 1.03 bits per heavy atom. The zero-order chi connectivity index (χ0) is 28.5. The Morgan fingerprint density at radius 3 is 2.41 bits per heavy atom. The number of allylic oxidation sites excluding steroid dienone is 9. The van der Waals surface area contributed by atoms with Crippen molar-refractivity contribution >= 4 is 11.8 Å². The van der Waals surface area contributed by atoms with Crippen molar-refractivity contribution in [1.82, 2.24) is 0 Å². The van der Waals surface area contributed by atoms with Crippen molar-refractivity contribution in [3.8, 4) is 0 Å². The number of Topliss-reactive ketones (excluding diaryl/α,β-unsaturated/α-hetero) is 1. The van der Waals surface area contributed by atoms with E-state index in [1.54, 1.807) is 0 Å². The summed E-state index contributed by atoms with van der Waals surface area (Å²) in [4.78, 5) is 27.5. The maximum Gasteiger partial charge on any atom is 0.342 e. The van der Waals surface area contributed by atoms with Gasteiger partial charge in [-0.3, -0.25) is 4.79 Å². The number of ketones is 1. The Labute approximate surface area is 236 Å². The van der Waals surface area contributed by atoms with Crippen LogP contribution in [0.5, 0.6) is 0 Å². The fourth-order valence-electron chi connectivity index (χ4n) is 8.86. The highest BCUT2D eigenvalue weighted by Crippen LogP contribution is 2.59. The molecule has 0 aromatic rings. The number of carbonyl (C=O) groups excluding carboxylic acids is 1. The minimum absolute atomic E-state index is 0.0476. The summed E-state index contributed by atoms with van der Waals surface area (Å²) in [6.07, 6.45) is 21.3. The van der Waals surface area contributed by atoms with Crippen LogP contribution in [0.2, 0.25) is 0 Å². The molecule has 0 amide bonds. The van der Waals surface area contributed by atoms with Gasteiger partial charge < -0.3 is 10.2 Å². The average Bonchev–Trinajstić information content (AvgIpc) is 2.89. The van der Waals surface area contributed by atoms with Gasteiger partial charge in [0.1, 0.15) is 11.3 Å².